The molecule has 1 aliphatic rings. The Labute approximate surface area is 126 Å². The fourth-order valence-electron chi connectivity index (χ4n) is 2.25. The second kappa shape index (κ2) is 6.59. The van der Waals surface area contributed by atoms with Crippen LogP contribution in [0.2, 0.25) is 5.02 Å². The molecule has 0 atom stereocenters. The molecule has 0 aromatic heterocycles. The van der Waals surface area contributed by atoms with E-state index < -0.39 is 0 Å². The van der Waals surface area contributed by atoms with Crippen LogP contribution in [0.25, 0.3) is 0 Å². The number of amides is 2. The van der Waals surface area contributed by atoms with Crippen LogP contribution in [0.1, 0.15) is 12.0 Å². The zero-order valence-corrected chi connectivity index (χ0v) is 13.0. The van der Waals surface area contributed by atoms with Crippen molar-refractivity contribution in [2.75, 3.05) is 26.2 Å². The summed E-state index contributed by atoms with van der Waals surface area (Å²) in [5, 5.41) is 0.777. The smallest absolute Gasteiger partial charge is 0.314 e. The van der Waals surface area contributed by atoms with Crippen molar-refractivity contribution < 1.29 is 4.79 Å². The van der Waals surface area contributed by atoms with Gasteiger partial charge in [0.2, 0.25) is 0 Å². The summed E-state index contributed by atoms with van der Waals surface area (Å²) in [4.78, 5) is 15.2. The maximum Gasteiger partial charge on any atom is 0.314 e. The zero-order chi connectivity index (χ0) is 13.8. The number of nitrogens with two attached hydrogens (primary N) is 1. The van der Waals surface area contributed by atoms with Crippen LogP contribution in [-0.2, 0) is 6.54 Å². The first kappa shape index (κ1) is 14.6. The van der Waals surface area contributed by atoms with Gasteiger partial charge in [0.25, 0.3) is 0 Å². The van der Waals surface area contributed by atoms with E-state index in [1.807, 2.05) is 18.2 Å². The highest BCUT2D eigenvalue weighted by atomic mass is 79.9. The summed E-state index contributed by atoms with van der Waals surface area (Å²) in [6.45, 7) is 3.99. The number of hydrogen-bond acceptors (Lipinski definition) is 2. The summed E-state index contributed by atoms with van der Waals surface area (Å²) in [5.74, 6) is 0. The molecular weight excluding hydrogens is 330 g/mol. The zero-order valence-electron chi connectivity index (χ0n) is 10.6. The van der Waals surface area contributed by atoms with E-state index in [0.29, 0.717) is 6.54 Å². The summed E-state index contributed by atoms with van der Waals surface area (Å²) >= 11 is 9.66. The number of urea groups is 1. The molecule has 1 aliphatic heterocycles. The molecule has 0 unspecified atom stereocenters. The van der Waals surface area contributed by atoms with E-state index in [4.69, 9.17) is 17.3 Å². The Morgan fingerprint density at radius 2 is 2.11 bits per heavy atom. The summed E-state index contributed by atoms with van der Waals surface area (Å²) < 4.78 is 1.03. The highest BCUT2D eigenvalue weighted by molar-refractivity contribution is 9.10. The molecule has 0 saturated carbocycles. The fourth-order valence-corrected chi connectivity index (χ4v) is 2.84. The highest BCUT2D eigenvalue weighted by Gasteiger charge is 2.17. The number of benzene rings is 1. The topological polar surface area (TPSA) is 49.6 Å². The number of carbonyl (C=O) groups is 1. The van der Waals surface area contributed by atoms with Gasteiger partial charge in [0, 0.05) is 42.2 Å². The van der Waals surface area contributed by atoms with Crippen molar-refractivity contribution in [1.29, 1.82) is 0 Å². The van der Waals surface area contributed by atoms with Crippen LogP contribution >= 0.6 is 27.5 Å². The first-order chi connectivity index (χ1) is 9.06. The second-order valence-corrected chi connectivity index (χ2v) is 6.01. The van der Waals surface area contributed by atoms with E-state index in [1.54, 1.807) is 4.90 Å². The van der Waals surface area contributed by atoms with Crippen LogP contribution in [-0.4, -0.2) is 42.0 Å². The normalized spacial score (nSPS) is 17.3. The van der Waals surface area contributed by atoms with Crippen molar-refractivity contribution in [1.82, 2.24) is 9.80 Å². The van der Waals surface area contributed by atoms with Crippen molar-refractivity contribution in [2.45, 2.75) is 13.0 Å². The molecule has 0 radical (unpaired) electrons. The van der Waals surface area contributed by atoms with E-state index in [-0.39, 0.29) is 6.03 Å². The van der Waals surface area contributed by atoms with Gasteiger partial charge in [-0.15, -0.1) is 0 Å². The van der Waals surface area contributed by atoms with Crippen LogP contribution in [0.5, 0.6) is 0 Å². The molecule has 19 heavy (non-hydrogen) atoms. The lowest BCUT2D eigenvalue weighted by molar-refractivity contribution is 0.207. The molecule has 0 bridgehead atoms. The molecule has 0 spiro atoms. The predicted octanol–water partition coefficient (Wildman–Crippen LogP) is 2.69. The quantitative estimate of drug-likeness (QED) is 0.895. The van der Waals surface area contributed by atoms with Gasteiger partial charge in [0.05, 0.1) is 0 Å². The molecular formula is C13H17BrClN3O. The maximum atomic E-state index is 11.2. The van der Waals surface area contributed by atoms with Gasteiger partial charge >= 0.3 is 6.03 Å². The number of primary amides is 1. The molecule has 0 aliphatic carbocycles. The van der Waals surface area contributed by atoms with Gasteiger partial charge in [-0.05, 0) is 30.2 Å². The van der Waals surface area contributed by atoms with E-state index in [2.05, 4.69) is 20.8 Å². The lowest BCUT2D eigenvalue weighted by Gasteiger charge is -2.21. The largest absolute Gasteiger partial charge is 0.351 e. The third-order valence-electron chi connectivity index (χ3n) is 3.30. The number of nitrogens with zero attached hydrogens (tertiary/aromatic N) is 2. The summed E-state index contributed by atoms with van der Waals surface area (Å²) in [5.41, 5.74) is 6.42. The van der Waals surface area contributed by atoms with E-state index in [1.165, 1.54) is 0 Å². The SMILES string of the molecule is NC(=O)N1CCCN(Cc2cc(Br)ccc2Cl)CC1. The molecule has 1 fully saturated rings. The minimum absolute atomic E-state index is 0.331. The highest BCUT2D eigenvalue weighted by Crippen LogP contribution is 2.22. The monoisotopic (exact) mass is 345 g/mol. The lowest BCUT2D eigenvalue weighted by atomic mass is 10.2. The number of hydrogen-bond donors (Lipinski definition) is 1. The van der Waals surface area contributed by atoms with Crippen LogP contribution in [0.3, 0.4) is 0 Å². The molecule has 1 saturated heterocycles. The minimum Gasteiger partial charge on any atom is -0.351 e. The Morgan fingerprint density at radius 1 is 1.32 bits per heavy atom. The Bertz CT molecular complexity index is 469. The van der Waals surface area contributed by atoms with Crippen LogP contribution in [0.4, 0.5) is 4.79 Å². The molecule has 1 aromatic carbocycles. The van der Waals surface area contributed by atoms with E-state index >= 15 is 0 Å². The number of halogens is 2. The van der Waals surface area contributed by atoms with Gasteiger partial charge < -0.3 is 10.6 Å². The van der Waals surface area contributed by atoms with Crippen molar-refractivity contribution >= 4 is 33.6 Å². The molecule has 2 N–H and O–H groups in total. The van der Waals surface area contributed by atoms with Gasteiger partial charge in [-0.2, -0.15) is 0 Å². The standard InChI is InChI=1S/C13H17BrClN3O/c14-11-2-3-12(15)10(8-11)9-17-4-1-5-18(7-6-17)13(16)19/h2-3,8H,1,4-7,9H2,(H2,16,19). The van der Waals surface area contributed by atoms with Crippen molar-refractivity contribution in [3.8, 4) is 0 Å². The van der Waals surface area contributed by atoms with Crippen molar-refractivity contribution in [3.63, 3.8) is 0 Å². The summed E-state index contributed by atoms with van der Waals surface area (Å²) in [6, 6.07) is 5.54. The summed E-state index contributed by atoms with van der Waals surface area (Å²) in [7, 11) is 0. The Balaban J connectivity index is 1.99. The Hall–Kier alpha value is -0.780. The average molecular weight is 347 g/mol. The van der Waals surface area contributed by atoms with Gasteiger partial charge in [-0.3, -0.25) is 4.90 Å². The van der Waals surface area contributed by atoms with Gasteiger partial charge in [-0.25, -0.2) is 4.79 Å². The first-order valence-electron chi connectivity index (χ1n) is 6.27. The number of rotatable bonds is 2. The summed E-state index contributed by atoms with van der Waals surface area (Å²) in [6.07, 6.45) is 0.939. The Morgan fingerprint density at radius 3 is 2.84 bits per heavy atom. The van der Waals surface area contributed by atoms with Crippen LogP contribution in [0, 0.1) is 0 Å². The molecule has 104 valence electrons. The molecule has 2 rings (SSSR count). The van der Waals surface area contributed by atoms with Crippen LogP contribution in [0.15, 0.2) is 22.7 Å². The predicted molar refractivity (Wildman–Crippen MR) is 80.2 cm³/mol. The Kier molecular flexibility index (Phi) is 5.07. The van der Waals surface area contributed by atoms with Crippen LogP contribution < -0.4 is 5.73 Å². The van der Waals surface area contributed by atoms with Gasteiger partial charge in [0.1, 0.15) is 0 Å². The molecule has 1 aromatic rings. The molecule has 1 heterocycles. The van der Waals surface area contributed by atoms with Gasteiger partial charge in [-0.1, -0.05) is 27.5 Å². The minimum atomic E-state index is -0.331. The molecule has 6 heteroatoms. The third kappa shape index (κ3) is 4.09. The van der Waals surface area contributed by atoms with Gasteiger partial charge in [0.15, 0.2) is 0 Å². The van der Waals surface area contributed by atoms with E-state index in [0.717, 1.165) is 47.7 Å². The third-order valence-corrected chi connectivity index (χ3v) is 4.16. The molecule has 4 nitrogen and oxygen atoms in total. The fraction of sp³-hybridized carbons (Fsp3) is 0.462. The average Bonchev–Trinajstić information content (AvgIpc) is 2.59. The maximum absolute atomic E-state index is 11.2. The van der Waals surface area contributed by atoms with Crippen molar-refractivity contribution in [2.24, 2.45) is 5.73 Å². The molecule has 2 amide bonds. The second-order valence-electron chi connectivity index (χ2n) is 4.69. The van der Waals surface area contributed by atoms with E-state index in [9.17, 15) is 4.79 Å². The first-order valence-corrected chi connectivity index (χ1v) is 7.44. The number of carbonyl (C=O) groups excluding carboxylic acids is 1. The lowest BCUT2D eigenvalue weighted by Crippen LogP contribution is -2.38. The van der Waals surface area contributed by atoms with Crippen molar-refractivity contribution in [3.05, 3.63) is 33.3 Å².